The summed E-state index contributed by atoms with van der Waals surface area (Å²) >= 11 is 2.86. The van der Waals surface area contributed by atoms with E-state index in [1.165, 1.54) is 28.7 Å². The molecule has 0 spiro atoms. The van der Waals surface area contributed by atoms with Crippen molar-refractivity contribution in [1.82, 2.24) is 15.5 Å². The van der Waals surface area contributed by atoms with Crippen LogP contribution in [0.3, 0.4) is 0 Å². The highest BCUT2D eigenvalue weighted by Gasteiger charge is 2.11. The van der Waals surface area contributed by atoms with E-state index in [4.69, 9.17) is 0 Å². The van der Waals surface area contributed by atoms with Crippen LogP contribution in [0.2, 0.25) is 0 Å². The van der Waals surface area contributed by atoms with Gasteiger partial charge in [0.2, 0.25) is 11.0 Å². The number of aromatic nitrogens is 2. The molecular weight excluding hydrogens is 364 g/mol. The average molecular weight is 385 g/mol. The Morgan fingerprint density at radius 2 is 1.77 bits per heavy atom. The van der Waals surface area contributed by atoms with Crippen molar-refractivity contribution in [3.8, 4) is 0 Å². The third-order valence-corrected chi connectivity index (χ3v) is 5.71. The number of benzene rings is 2. The van der Waals surface area contributed by atoms with E-state index in [0.29, 0.717) is 12.3 Å². The van der Waals surface area contributed by atoms with Gasteiger partial charge in [0.25, 0.3) is 0 Å². The molecule has 7 heteroatoms. The second kappa shape index (κ2) is 9.35. The Bertz CT molecular complexity index is 824. The number of nitrogens with one attached hydrogen (secondary N) is 2. The zero-order valence-corrected chi connectivity index (χ0v) is 16.0. The molecule has 0 saturated heterocycles. The second-order valence-electron chi connectivity index (χ2n) is 5.70. The van der Waals surface area contributed by atoms with Crippen molar-refractivity contribution >= 4 is 34.1 Å². The maximum atomic E-state index is 12.1. The predicted octanol–water partition coefficient (Wildman–Crippen LogP) is 4.12. The summed E-state index contributed by atoms with van der Waals surface area (Å²) in [4.78, 5) is 12.1. The van der Waals surface area contributed by atoms with Gasteiger partial charge in [-0.05, 0) is 18.1 Å². The quantitative estimate of drug-likeness (QED) is 0.572. The topological polar surface area (TPSA) is 66.9 Å². The van der Waals surface area contributed by atoms with E-state index in [2.05, 4.69) is 33.0 Å². The van der Waals surface area contributed by atoms with Crippen LogP contribution >= 0.6 is 23.1 Å². The van der Waals surface area contributed by atoms with Crippen LogP contribution in [0, 0.1) is 0 Å². The molecule has 2 aromatic carbocycles. The lowest BCUT2D eigenvalue weighted by Gasteiger charge is -2.13. The summed E-state index contributed by atoms with van der Waals surface area (Å²) < 4.78 is 0.781. The number of nitrogens with zero attached hydrogens (tertiary/aromatic N) is 2. The van der Waals surface area contributed by atoms with Crippen molar-refractivity contribution in [3.05, 3.63) is 71.8 Å². The van der Waals surface area contributed by atoms with Gasteiger partial charge in [-0.1, -0.05) is 83.8 Å². The molecule has 0 fully saturated rings. The first kappa shape index (κ1) is 18.4. The van der Waals surface area contributed by atoms with Gasteiger partial charge in [-0.3, -0.25) is 4.79 Å². The van der Waals surface area contributed by atoms with Gasteiger partial charge in [-0.25, -0.2) is 0 Å². The molecular formula is C19H20N4OS2. The largest absolute Gasteiger partial charge is 0.356 e. The Kier molecular flexibility index (Phi) is 6.62. The lowest BCUT2D eigenvalue weighted by Crippen LogP contribution is -2.28. The van der Waals surface area contributed by atoms with Crippen LogP contribution in [-0.2, 0) is 11.3 Å². The SMILES string of the molecule is C[C@H](NC(=O)CSc1nnc(NCc2ccccc2)s1)c1ccccc1. The summed E-state index contributed by atoms with van der Waals surface area (Å²) in [7, 11) is 0. The summed E-state index contributed by atoms with van der Waals surface area (Å²) in [6.45, 7) is 2.68. The van der Waals surface area contributed by atoms with Crippen LogP contribution in [-0.4, -0.2) is 21.9 Å². The maximum Gasteiger partial charge on any atom is 0.230 e. The minimum Gasteiger partial charge on any atom is -0.356 e. The van der Waals surface area contributed by atoms with E-state index >= 15 is 0 Å². The highest BCUT2D eigenvalue weighted by atomic mass is 32.2. The summed E-state index contributed by atoms with van der Waals surface area (Å²) in [6.07, 6.45) is 0. The number of thioether (sulfide) groups is 1. The Labute approximate surface area is 161 Å². The molecule has 0 unspecified atom stereocenters. The molecule has 5 nitrogen and oxygen atoms in total. The third kappa shape index (κ3) is 5.57. The number of carbonyl (C=O) groups excluding carboxylic acids is 1. The van der Waals surface area contributed by atoms with Crippen LogP contribution in [0.4, 0.5) is 5.13 Å². The molecule has 1 heterocycles. The third-order valence-electron chi connectivity index (χ3n) is 3.70. The van der Waals surface area contributed by atoms with Crippen molar-refractivity contribution in [2.24, 2.45) is 0 Å². The number of amides is 1. The fourth-order valence-electron chi connectivity index (χ4n) is 2.35. The summed E-state index contributed by atoms with van der Waals surface area (Å²) in [6, 6.07) is 20.0. The maximum absolute atomic E-state index is 12.1. The molecule has 0 radical (unpaired) electrons. The first-order chi connectivity index (χ1) is 12.7. The van der Waals surface area contributed by atoms with E-state index in [1.54, 1.807) is 0 Å². The van der Waals surface area contributed by atoms with Gasteiger partial charge in [0, 0.05) is 6.54 Å². The van der Waals surface area contributed by atoms with Crippen molar-refractivity contribution in [3.63, 3.8) is 0 Å². The van der Waals surface area contributed by atoms with E-state index in [9.17, 15) is 4.79 Å². The van der Waals surface area contributed by atoms with Crippen LogP contribution in [0.5, 0.6) is 0 Å². The number of hydrogen-bond donors (Lipinski definition) is 2. The van der Waals surface area contributed by atoms with Crippen LogP contribution in [0.25, 0.3) is 0 Å². The molecule has 26 heavy (non-hydrogen) atoms. The highest BCUT2D eigenvalue weighted by Crippen LogP contribution is 2.25. The molecule has 3 rings (SSSR count). The number of anilines is 1. The molecule has 3 aromatic rings. The fourth-order valence-corrected chi connectivity index (χ4v) is 3.91. The van der Waals surface area contributed by atoms with Crippen molar-refractivity contribution in [1.29, 1.82) is 0 Å². The summed E-state index contributed by atoms with van der Waals surface area (Å²) in [5, 5.41) is 15.3. The van der Waals surface area contributed by atoms with Gasteiger partial charge >= 0.3 is 0 Å². The van der Waals surface area contributed by atoms with Crippen molar-refractivity contribution < 1.29 is 4.79 Å². The van der Waals surface area contributed by atoms with Gasteiger partial charge in [0.15, 0.2) is 4.34 Å². The molecule has 0 bridgehead atoms. The molecule has 2 N–H and O–H groups in total. The molecule has 134 valence electrons. The van der Waals surface area contributed by atoms with Crippen molar-refractivity contribution in [2.75, 3.05) is 11.1 Å². The molecule has 1 aromatic heterocycles. The first-order valence-corrected chi connectivity index (χ1v) is 10.1. The van der Waals surface area contributed by atoms with E-state index < -0.39 is 0 Å². The van der Waals surface area contributed by atoms with Gasteiger partial charge < -0.3 is 10.6 Å². The standard InChI is InChI=1S/C19H20N4OS2/c1-14(16-10-6-3-7-11-16)21-17(24)13-25-19-23-22-18(26-19)20-12-15-8-4-2-5-9-15/h2-11,14H,12-13H2,1H3,(H,20,22)(H,21,24)/t14-/m0/s1. The van der Waals surface area contributed by atoms with Gasteiger partial charge in [0.05, 0.1) is 11.8 Å². The van der Waals surface area contributed by atoms with Gasteiger partial charge in [-0.2, -0.15) is 0 Å². The second-order valence-corrected chi connectivity index (χ2v) is 7.90. The Hall–Kier alpha value is -2.38. The zero-order chi connectivity index (χ0) is 18.2. The number of hydrogen-bond acceptors (Lipinski definition) is 6. The van der Waals surface area contributed by atoms with Gasteiger partial charge in [0.1, 0.15) is 0 Å². The minimum absolute atomic E-state index is 0.0122. The first-order valence-electron chi connectivity index (χ1n) is 8.29. The summed E-state index contributed by atoms with van der Waals surface area (Å²) in [5.74, 6) is 0.310. The zero-order valence-electron chi connectivity index (χ0n) is 14.4. The normalized spacial score (nSPS) is 11.7. The van der Waals surface area contributed by atoms with Gasteiger partial charge in [-0.15, -0.1) is 10.2 Å². The number of rotatable bonds is 8. The molecule has 1 amide bonds. The molecule has 0 aliphatic carbocycles. The smallest absolute Gasteiger partial charge is 0.230 e. The average Bonchev–Trinajstić information content (AvgIpc) is 3.14. The predicted molar refractivity (Wildman–Crippen MR) is 107 cm³/mol. The van der Waals surface area contributed by atoms with Crippen LogP contribution < -0.4 is 10.6 Å². The van der Waals surface area contributed by atoms with E-state index in [0.717, 1.165) is 15.0 Å². The van der Waals surface area contributed by atoms with E-state index in [1.807, 2.05) is 55.5 Å². The Balaban J connectivity index is 1.43. The highest BCUT2D eigenvalue weighted by molar-refractivity contribution is 8.01. The number of carbonyl (C=O) groups is 1. The molecule has 0 saturated carbocycles. The lowest BCUT2D eigenvalue weighted by atomic mass is 10.1. The monoisotopic (exact) mass is 384 g/mol. The summed E-state index contributed by atoms with van der Waals surface area (Å²) in [5.41, 5.74) is 2.28. The van der Waals surface area contributed by atoms with Crippen molar-refractivity contribution in [2.45, 2.75) is 23.8 Å². The molecule has 0 aliphatic heterocycles. The Morgan fingerprint density at radius 3 is 2.50 bits per heavy atom. The fraction of sp³-hybridized carbons (Fsp3) is 0.211. The molecule has 1 atom stereocenters. The molecule has 0 aliphatic rings. The minimum atomic E-state index is -0.0136. The Morgan fingerprint density at radius 1 is 1.08 bits per heavy atom. The van der Waals surface area contributed by atoms with Crippen LogP contribution in [0.1, 0.15) is 24.1 Å². The van der Waals surface area contributed by atoms with E-state index in [-0.39, 0.29) is 11.9 Å². The lowest BCUT2D eigenvalue weighted by molar-refractivity contribution is -0.119. The van der Waals surface area contributed by atoms with Crippen LogP contribution in [0.15, 0.2) is 65.0 Å².